The van der Waals surface area contributed by atoms with Gasteiger partial charge in [0.25, 0.3) is 10.0 Å². The number of aromatic nitrogens is 2. The third-order valence-corrected chi connectivity index (χ3v) is 3.67. The summed E-state index contributed by atoms with van der Waals surface area (Å²) in [5, 5.41) is -0.0541. The van der Waals surface area contributed by atoms with Gasteiger partial charge < -0.3 is 4.98 Å². The maximum Gasteiger partial charge on any atom is 0.266 e. The fourth-order valence-electron chi connectivity index (χ4n) is 1.17. The number of nitrogens with one attached hydrogen (secondary N) is 2. The van der Waals surface area contributed by atoms with Crippen molar-refractivity contribution in [3.8, 4) is 0 Å². The Morgan fingerprint density at radius 1 is 1.31 bits per heavy atom. The first kappa shape index (κ1) is 11.0. The Kier molecular flexibility index (Phi) is 2.84. The molecule has 2 heterocycles. The van der Waals surface area contributed by atoms with E-state index in [4.69, 9.17) is 11.6 Å². The summed E-state index contributed by atoms with van der Waals surface area (Å²) in [4.78, 5) is 6.39. The average Bonchev–Trinajstić information content (AvgIpc) is 2.70. The van der Waals surface area contributed by atoms with Crippen LogP contribution in [0.15, 0.2) is 41.6 Å². The molecular formula is C9H8ClN3O2S. The lowest BCUT2D eigenvalue weighted by molar-refractivity contribution is 0.600. The predicted octanol–water partition coefficient (Wildman–Crippen LogP) is 1.86. The van der Waals surface area contributed by atoms with Crippen LogP contribution >= 0.6 is 11.6 Å². The van der Waals surface area contributed by atoms with Crippen molar-refractivity contribution in [1.82, 2.24) is 9.97 Å². The second kappa shape index (κ2) is 4.15. The topological polar surface area (TPSA) is 74.8 Å². The lowest BCUT2D eigenvalue weighted by Gasteiger charge is -2.06. The van der Waals surface area contributed by atoms with E-state index in [9.17, 15) is 8.42 Å². The highest BCUT2D eigenvalue weighted by Gasteiger charge is 2.18. The zero-order valence-corrected chi connectivity index (χ0v) is 9.59. The third-order valence-electron chi connectivity index (χ3n) is 1.86. The summed E-state index contributed by atoms with van der Waals surface area (Å²) in [5.74, 6) is 0.375. The summed E-state index contributed by atoms with van der Waals surface area (Å²) in [6, 6.07) is 6.18. The normalized spacial score (nSPS) is 11.3. The summed E-state index contributed by atoms with van der Waals surface area (Å²) >= 11 is 5.71. The fraction of sp³-hybridized carbons (Fsp3) is 0. The first-order chi connectivity index (χ1) is 7.59. The van der Waals surface area contributed by atoms with Gasteiger partial charge in [0.15, 0.2) is 0 Å². The molecule has 0 atom stereocenters. The van der Waals surface area contributed by atoms with Crippen molar-refractivity contribution in [3.63, 3.8) is 0 Å². The van der Waals surface area contributed by atoms with Crippen LogP contribution in [0.1, 0.15) is 0 Å². The lowest BCUT2D eigenvalue weighted by Crippen LogP contribution is -2.13. The van der Waals surface area contributed by atoms with Gasteiger partial charge in [-0.2, -0.15) is 0 Å². The highest BCUT2D eigenvalue weighted by molar-refractivity contribution is 7.92. The molecule has 16 heavy (non-hydrogen) atoms. The summed E-state index contributed by atoms with van der Waals surface area (Å²) in [6.45, 7) is 0. The number of hydrogen-bond acceptors (Lipinski definition) is 3. The molecule has 0 spiro atoms. The average molecular weight is 258 g/mol. The van der Waals surface area contributed by atoms with Crippen LogP contribution in [0.3, 0.4) is 0 Å². The smallest absolute Gasteiger partial charge is 0.266 e. The molecule has 0 radical (unpaired) electrons. The summed E-state index contributed by atoms with van der Waals surface area (Å²) < 4.78 is 26.1. The Balaban J connectivity index is 2.37. The van der Waals surface area contributed by atoms with Crippen molar-refractivity contribution < 1.29 is 8.42 Å². The number of anilines is 1. The summed E-state index contributed by atoms with van der Waals surface area (Å²) in [5.41, 5.74) is 0. The van der Waals surface area contributed by atoms with Crippen molar-refractivity contribution >= 4 is 27.4 Å². The van der Waals surface area contributed by atoms with Crippen molar-refractivity contribution in [2.24, 2.45) is 0 Å². The minimum Gasteiger partial charge on any atom is -0.348 e. The minimum atomic E-state index is -3.69. The van der Waals surface area contributed by atoms with Crippen LogP contribution in [0.25, 0.3) is 0 Å². The molecule has 0 aromatic carbocycles. The number of halogens is 1. The molecule has 2 rings (SSSR count). The van der Waals surface area contributed by atoms with Gasteiger partial charge in [-0.3, -0.25) is 4.72 Å². The van der Waals surface area contributed by atoms with Gasteiger partial charge in [0, 0.05) is 12.4 Å². The van der Waals surface area contributed by atoms with Crippen LogP contribution in [0, 0.1) is 0 Å². The van der Waals surface area contributed by atoms with Gasteiger partial charge >= 0.3 is 0 Å². The molecule has 0 saturated carbocycles. The van der Waals surface area contributed by atoms with Crippen LogP contribution in [0.5, 0.6) is 0 Å². The monoisotopic (exact) mass is 257 g/mol. The van der Waals surface area contributed by atoms with Crippen molar-refractivity contribution in [1.29, 1.82) is 0 Å². The van der Waals surface area contributed by atoms with E-state index in [-0.39, 0.29) is 10.0 Å². The maximum atomic E-state index is 11.9. The van der Waals surface area contributed by atoms with E-state index in [1.54, 1.807) is 18.3 Å². The molecule has 0 aliphatic rings. The largest absolute Gasteiger partial charge is 0.348 e. The van der Waals surface area contributed by atoms with E-state index in [1.165, 1.54) is 18.3 Å². The first-order valence-corrected chi connectivity index (χ1v) is 6.22. The molecule has 0 aliphatic carbocycles. The van der Waals surface area contributed by atoms with Gasteiger partial charge in [-0.1, -0.05) is 11.6 Å². The van der Waals surface area contributed by atoms with E-state index in [0.717, 1.165) is 0 Å². The number of sulfonamides is 1. The fourth-order valence-corrected chi connectivity index (χ4v) is 2.65. The molecule has 0 amide bonds. The predicted molar refractivity (Wildman–Crippen MR) is 60.8 cm³/mol. The van der Waals surface area contributed by atoms with Gasteiger partial charge in [0.1, 0.15) is 15.9 Å². The van der Waals surface area contributed by atoms with Gasteiger partial charge in [-0.05, 0) is 24.3 Å². The molecule has 84 valence electrons. The third kappa shape index (κ3) is 2.17. The number of aromatic amines is 1. The number of nitrogens with zero attached hydrogens (tertiary/aromatic N) is 1. The Hall–Kier alpha value is -1.53. The molecule has 2 N–H and O–H groups in total. The van der Waals surface area contributed by atoms with E-state index < -0.39 is 10.0 Å². The quantitative estimate of drug-likeness (QED) is 0.824. The Morgan fingerprint density at radius 2 is 2.12 bits per heavy atom. The van der Waals surface area contributed by atoms with E-state index in [2.05, 4.69) is 14.7 Å². The molecular weight excluding hydrogens is 250 g/mol. The van der Waals surface area contributed by atoms with Crippen molar-refractivity contribution in [3.05, 3.63) is 41.8 Å². The molecule has 2 aromatic heterocycles. The van der Waals surface area contributed by atoms with Gasteiger partial charge in [-0.15, -0.1) is 0 Å². The van der Waals surface area contributed by atoms with E-state index >= 15 is 0 Å². The number of H-pyrrole nitrogens is 1. The van der Waals surface area contributed by atoms with Crippen molar-refractivity contribution in [2.75, 3.05) is 4.72 Å². The molecule has 5 nitrogen and oxygen atoms in total. The van der Waals surface area contributed by atoms with Crippen LogP contribution < -0.4 is 4.72 Å². The molecule has 0 unspecified atom stereocenters. The Labute approximate surface area is 97.5 Å². The first-order valence-electron chi connectivity index (χ1n) is 4.36. The standard InChI is InChI=1S/C9H8ClN3O2S/c10-9-7(3-1-6-12-9)16(14,15)13-8-4-2-5-11-8/h1-6,11,13H. The van der Waals surface area contributed by atoms with Crippen LogP contribution in [0.4, 0.5) is 5.82 Å². The van der Waals surface area contributed by atoms with Gasteiger partial charge in [-0.25, -0.2) is 13.4 Å². The molecule has 0 fully saturated rings. The van der Waals surface area contributed by atoms with E-state index in [1.807, 2.05) is 0 Å². The van der Waals surface area contributed by atoms with E-state index in [0.29, 0.717) is 5.82 Å². The number of hydrogen-bond donors (Lipinski definition) is 2. The Morgan fingerprint density at radius 3 is 2.75 bits per heavy atom. The maximum absolute atomic E-state index is 11.9. The molecule has 7 heteroatoms. The summed E-state index contributed by atoms with van der Waals surface area (Å²) in [6.07, 6.45) is 3.04. The van der Waals surface area contributed by atoms with Crippen LogP contribution in [-0.2, 0) is 10.0 Å². The zero-order chi connectivity index (χ0) is 11.6. The highest BCUT2D eigenvalue weighted by atomic mass is 35.5. The second-order valence-corrected chi connectivity index (χ2v) is 4.99. The lowest BCUT2D eigenvalue weighted by atomic mass is 10.5. The minimum absolute atomic E-state index is 0.0498. The second-order valence-electron chi connectivity index (χ2n) is 2.98. The number of rotatable bonds is 3. The van der Waals surface area contributed by atoms with Crippen LogP contribution in [-0.4, -0.2) is 18.4 Å². The SMILES string of the molecule is O=S(=O)(Nc1ccc[nH]1)c1cccnc1Cl. The van der Waals surface area contributed by atoms with Gasteiger partial charge in [0.05, 0.1) is 0 Å². The number of pyridine rings is 1. The summed E-state index contributed by atoms with van der Waals surface area (Å²) in [7, 11) is -3.69. The molecule has 2 aromatic rings. The van der Waals surface area contributed by atoms with Crippen molar-refractivity contribution in [2.45, 2.75) is 4.90 Å². The van der Waals surface area contributed by atoms with Crippen LogP contribution in [0.2, 0.25) is 5.15 Å². The molecule has 0 aliphatic heterocycles. The molecule has 0 bridgehead atoms. The highest BCUT2D eigenvalue weighted by Crippen LogP contribution is 2.20. The Bertz CT molecular complexity index is 581. The van der Waals surface area contributed by atoms with Gasteiger partial charge in [0.2, 0.25) is 0 Å². The zero-order valence-electron chi connectivity index (χ0n) is 8.01. The molecule has 0 saturated heterocycles.